The van der Waals surface area contributed by atoms with E-state index in [1.165, 1.54) is 11.9 Å². The zero-order valence-corrected chi connectivity index (χ0v) is 15.6. The van der Waals surface area contributed by atoms with Crippen molar-refractivity contribution in [2.45, 2.75) is 6.54 Å². The summed E-state index contributed by atoms with van der Waals surface area (Å²) in [5.41, 5.74) is 2.25. The fourth-order valence-electron chi connectivity index (χ4n) is 2.93. The number of likely N-dealkylation sites (N-methyl/N-ethyl adjacent to an activating group) is 1. The van der Waals surface area contributed by atoms with E-state index < -0.39 is 0 Å². The maximum absolute atomic E-state index is 12.7. The van der Waals surface area contributed by atoms with Crippen molar-refractivity contribution >= 4 is 28.6 Å². The van der Waals surface area contributed by atoms with Gasteiger partial charge in [-0.15, -0.1) is 0 Å². The molecule has 0 aliphatic heterocycles. The maximum Gasteiger partial charge on any atom is 0.252 e. The van der Waals surface area contributed by atoms with Crippen LogP contribution in [-0.4, -0.2) is 47.7 Å². The van der Waals surface area contributed by atoms with E-state index in [1.807, 2.05) is 42.5 Å². The molecule has 0 fully saturated rings. The van der Waals surface area contributed by atoms with Gasteiger partial charge in [-0.25, -0.2) is 0 Å². The number of carbonyl (C=O) groups is 3. The molecule has 0 aliphatic carbocycles. The summed E-state index contributed by atoms with van der Waals surface area (Å²) in [5.74, 6) is -0.937. The van der Waals surface area contributed by atoms with Gasteiger partial charge in [0.05, 0.1) is 13.1 Å². The van der Waals surface area contributed by atoms with E-state index in [0.29, 0.717) is 5.56 Å². The maximum atomic E-state index is 12.7. The number of hydrogen-bond acceptors (Lipinski definition) is 3. The van der Waals surface area contributed by atoms with Gasteiger partial charge in [0.25, 0.3) is 5.91 Å². The lowest BCUT2D eigenvalue weighted by molar-refractivity contribution is -0.135. The van der Waals surface area contributed by atoms with Crippen molar-refractivity contribution in [3.63, 3.8) is 0 Å². The van der Waals surface area contributed by atoms with Crippen LogP contribution in [0.1, 0.15) is 15.9 Å². The summed E-state index contributed by atoms with van der Waals surface area (Å²) in [5, 5.41) is 5.97. The molecule has 3 amide bonds. The first kappa shape index (κ1) is 19.2. The van der Waals surface area contributed by atoms with E-state index in [1.54, 1.807) is 18.3 Å². The highest BCUT2D eigenvalue weighted by Gasteiger charge is 2.19. The lowest BCUT2D eigenvalue weighted by Gasteiger charge is -2.22. The van der Waals surface area contributed by atoms with Gasteiger partial charge >= 0.3 is 0 Å². The molecule has 0 atom stereocenters. The SMILES string of the molecule is CNC(=O)CN(Cc1ccccc1)C(=O)CNC(=O)c1cccc2[nH]ccc12. The molecule has 2 aromatic carbocycles. The Kier molecular flexibility index (Phi) is 6.06. The minimum Gasteiger partial charge on any atom is -0.361 e. The first-order chi connectivity index (χ1) is 13.6. The first-order valence-electron chi connectivity index (χ1n) is 8.95. The van der Waals surface area contributed by atoms with Gasteiger partial charge < -0.3 is 20.5 Å². The Morgan fingerprint density at radius 1 is 1.00 bits per heavy atom. The monoisotopic (exact) mass is 378 g/mol. The molecule has 28 heavy (non-hydrogen) atoms. The summed E-state index contributed by atoms with van der Waals surface area (Å²) >= 11 is 0. The molecule has 0 aliphatic rings. The summed E-state index contributed by atoms with van der Waals surface area (Å²) in [6, 6.07) is 16.6. The molecule has 0 radical (unpaired) electrons. The molecule has 3 N–H and O–H groups in total. The molecule has 7 heteroatoms. The third-order valence-corrected chi connectivity index (χ3v) is 4.42. The number of amides is 3. The van der Waals surface area contributed by atoms with E-state index >= 15 is 0 Å². The normalized spacial score (nSPS) is 10.5. The second-order valence-corrected chi connectivity index (χ2v) is 6.34. The Balaban J connectivity index is 1.68. The largest absolute Gasteiger partial charge is 0.361 e. The van der Waals surface area contributed by atoms with Gasteiger partial charge in [-0.3, -0.25) is 14.4 Å². The second kappa shape index (κ2) is 8.85. The van der Waals surface area contributed by atoms with Gasteiger partial charge in [0, 0.05) is 36.3 Å². The molecular weight excluding hydrogens is 356 g/mol. The summed E-state index contributed by atoms with van der Waals surface area (Å²) in [7, 11) is 1.52. The van der Waals surface area contributed by atoms with Crippen molar-refractivity contribution in [3.8, 4) is 0 Å². The highest BCUT2D eigenvalue weighted by molar-refractivity contribution is 6.07. The average molecular weight is 378 g/mol. The Hall–Kier alpha value is -3.61. The smallest absolute Gasteiger partial charge is 0.252 e. The average Bonchev–Trinajstić information content (AvgIpc) is 3.20. The van der Waals surface area contributed by atoms with Crippen LogP contribution in [0.25, 0.3) is 10.9 Å². The molecule has 1 aromatic heterocycles. The van der Waals surface area contributed by atoms with Crippen LogP contribution in [0.5, 0.6) is 0 Å². The predicted molar refractivity (Wildman–Crippen MR) is 107 cm³/mol. The molecule has 144 valence electrons. The molecule has 3 aromatic rings. The van der Waals surface area contributed by atoms with Crippen molar-refractivity contribution in [1.29, 1.82) is 0 Å². The van der Waals surface area contributed by atoms with E-state index in [0.717, 1.165) is 16.5 Å². The predicted octanol–water partition coefficient (Wildman–Crippen LogP) is 1.67. The number of benzene rings is 2. The topological polar surface area (TPSA) is 94.3 Å². The van der Waals surface area contributed by atoms with Gasteiger partial charge in [0.15, 0.2) is 0 Å². The third kappa shape index (κ3) is 4.56. The van der Waals surface area contributed by atoms with Crippen molar-refractivity contribution in [3.05, 3.63) is 71.9 Å². The number of carbonyl (C=O) groups excluding carboxylic acids is 3. The Morgan fingerprint density at radius 2 is 1.79 bits per heavy atom. The second-order valence-electron chi connectivity index (χ2n) is 6.34. The summed E-state index contributed by atoms with van der Waals surface area (Å²) in [4.78, 5) is 41.5. The van der Waals surface area contributed by atoms with Gasteiger partial charge in [0.2, 0.25) is 11.8 Å². The molecule has 1 heterocycles. The lowest BCUT2D eigenvalue weighted by Crippen LogP contribution is -2.44. The third-order valence-electron chi connectivity index (χ3n) is 4.42. The Labute approximate surface area is 162 Å². The fraction of sp³-hybridized carbons (Fsp3) is 0.190. The van der Waals surface area contributed by atoms with E-state index in [9.17, 15) is 14.4 Å². The quantitative estimate of drug-likeness (QED) is 0.584. The molecule has 0 bridgehead atoms. The van der Waals surface area contributed by atoms with Gasteiger partial charge in [0.1, 0.15) is 0 Å². The number of H-pyrrole nitrogens is 1. The zero-order chi connectivity index (χ0) is 19.9. The van der Waals surface area contributed by atoms with Gasteiger partial charge in [-0.05, 0) is 23.8 Å². The highest BCUT2D eigenvalue weighted by Crippen LogP contribution is 2.17. The summed E-state index contributed by atoms with van der Waals surface area (Å²) < 4.78 is 0. The number of aromatic amines is 1. The fourth-order valence-corrected chi connectivity index (χ4v) is 2.93. The standard InChI is InChI=1S/C21H22N4O3/c1-22-19(26)14-25(13-15-6-3-2-4-7-15)20(27)12-24-21(28)17-8-5-9-18-16(17)10-11-23-18/h2-11,23H,12-14H2,1H3,(H,22,26)(H,24,28). The molecule has 7 nitrogen and oxygen atoms in total. The molecule has 0 unspecified atom stereocenters. The van der Waals surface area contributed by atoms with Crippen LogP contribution in [0.4, 0.5) is 0 Å². The number of rotatable bonds is 7. The minimum absolute atomic E-state index is 0.0759. The number of fused-ring (bicyclic) bond motifs is 1. The van der Waals surface area contributed by atoms with Crippen LogP contribution in [0, 0.1) is 0 Å². The van der Waals surface area contributed by atoms with Crippen LogP contribution in [-0.2, 0) is 16.1 Å². The Morgan fingerprint density at radius 3 is 2.54 bits per heavy atom. The number of nitrogens with zero attached hydrogens (tertiary/aromatic N) is 1. The van der Waals surface area contributed by atoms with Crippen molar-refractivity contribution in [1.82, 2.24) is 20.5 Å². The van der Waals surface area contributed by atoms with Crippen LogP contribution >= 0.6 is 0 Å². The van der Waals surface area contributed by atoms with E-state index in [2.05, 4.69) is 15.6 Å². The molecule has 0 spiro atoms. The van der Waals surface area contributed by atoms with Crippen LogP contribution in [0.3, 0.4) is 0 Å². The highest BCUT2D eigenvalue weighted by atomic mass is 16.2. The van der Waals surface area contributed by atoms with Crippen LogP contribution in [0.15, 0.2) is 60.8 Å². The number of hydrogen-bond donors (Lipinski definition) is 3. The molecule has 0 saturated carbocycles. The molecule has 0 saturated heterocycles. The van der Waals surface area contributed by atoms with E-state index in [-0.39, 0.29) is 37.4 Å². The van der Waals surface area contributed by atoms with Crippen molar-refractivity contribution in [2.24, 2.45) is 0 Å². The van der Waals surface area contributed by atoms with Gasteiger partial charge in [-0.1, -0.05) is 36.4 Å². The van der Waals surface area contributed by atoms with Crippen molar-refractivity contribution < 1.29 is 14.4 Å². The van der Waals surface area contributed by atoms with Crippen LogP contribution < -0.4 is 10.6 Å². The van der Waals surface area contributed by atoms with Crippen LogP contribution in [0.2, 0.25) is 0 Å². The van der Waals surface area contributed by atoms with E-state index in [4.69, 9.17) is 0 Å². The van der Waals surface area contributed by atoms with Crippen molar-refractivity contribution in [2.75, 3.05) is 20.1 Å². The first-order valence-corrected chi connectivity index (χ1v) is 8.95. The summed E-state index contributed by atoms with van der Waals surface area (Å²) in [6.45, 7) is 0.0212. The molecule has 3 rings (SSSR count). The summed E-state index contributed by atoms with van der Waals surface area (Å²) in [6.07, 6.45) is 1.76. The van der Waals surface area contributed by atoms with Gasteiger partial charge in [-0.2, -0.15) is 0 Å². The minimum atomic E-state index is -0.335. The number of aromatic nitrogens is 1. The Bertz CT molecular complexity index is 981. The number of nitrogens with one attached hydrogen (secondary N) is 3. The molecular formula is C21H22N4O3. The zero-order valence-electron chi connectivity index (χ0n) is 15.6. The lowest BCUT2D eigenvalue weighted by atomic mass is 10.1.